The Morgan fingerprint density at radius 1 is 0.964 bits per heavy atom. The minimum absolute atomic E-state index is 0.263. The molecule has 0 atom stereocenters. The molecule has 2 N–H and O–H groups in total. The van der Waals surface area contributed by atoms with Crippen molar-refractivity contribution in [2.24, 2.45) is 0 Å². The van der Waals surface area contributed by atoms with Crippen molar-refractivity contribution in [3.05, 3.63) is 95.6 Å². The number of aryl methyl sites for hydroxylation is 1. The van der Waals surface area contributed by atoms with Gasteiger partial charge in [0.2, 0.25) is 0 Å². The molecule has 5 heteroatoms. The van der Waals surface area contributed by atoms with E-state index in [0.717, 1.165) is 23.4 Å². The monoisotopic (exact) mass is 390 g/mol. The first-order valence-corrected chi connectivity index (χ1v) is 9.47. The summed E-state index contributed by atoms with van der Waals surface area (Å²) in [6.45, 7) is 2.58. The van der Waals surface area contributed by atoms with Crippen LogP contribution in [-0.2, 0) is 6.42 Å². The molecule has 142 valence electrons. The minimum Gasteiger partial charge on any atom is -0.493 e. The number of carbonyl (C=O) groups excluding carboxylic acids is 1. The number of rotatable bonds is 6. The molecule has 0 saturated carbocycles. The Bertz CT molecular complexity index is 940. The van der Waals surface area contributed by atoms with Crippen molar-refractivity contribution in [2.45, 2.75) is 13.3 Å². The van der Waals surface area contributed by atoms with Crippen LogP contribution in [0.1, 0.15) is 21.5 Å². The van der Waals surface area contributed by atoms with Gasteiger partial charge >= 0.3 is 0 Å². The highest BCUT2D eigenvalue weighted by Gasteiger charge is 2.08. The van der Waals surface area contributed by atoms with E-state index in [1.165, 1.54) is 5.56 Å². The minimum atomic E-state index is -0.263. The van der Waals surface area contributed by atoms with E-state index in [0.29, 0.717) is 12.2 Å². The molecule has 0 aliphatic carbocycles. The molecule has 0 saturated heterocycles. The Kier molecular flexibility index (Phi) is 6.76. The molecule has 0 aliphatic rings. The normalized spacial score (nSPS) is 10.2. The van der Waals surface area contributed by atoms with Crippen molar-refractivity contribution in [3.63, 3.8) is 0 Å². The summed E-state index contributed by atoms with van der Waals surface area (Å²) in [7, 11) is 0. The van der Waals surface area contributed by atoms with Gasteiger partial charge in [-0.15, -0.1) is 0 Å². The van der Waals surface area contributed by atoms with Crippen LogP contribution in [0.4, 0.5) is 5.69 Å². The molecule has 0 bridgehead atoms. The Hall–Kier alpha value is -3.18. The van der Waals surface area contributed by atoms with E-state index in [9.17, 15) is 4.79 Å². The number of amides is 1. The molecule has 0 fully saturated rings. The molecule has 0 aromatic heterocycles. The van der Waals surface area contributed by atoms with E-state index in [1.54, 1.807) is 24.3 Å². The van der Waals surface area contributed by atoms with E-state index in [2.05, 4.69) is 22.8 Å². The second-order valence-corrected chi connectivity index (χ2v) is 6.79. The quantitative estimate of drug-likeness (QED) is 0.597. The maximum Gasteiger partial charge on any atom is 0.257 e. The maximum absolute atomic E-state index is 12.3. The van der Waals surface area contributed by atoms with Gasteiger partial charge in [-0.05, 0) is 66.7 Å². The molecule has 3 aromatic rings. The highest BCUT2D eigenvalue weighted by Crippen LogP contribution is 2.13. The van der Waals surface area contributed by atoms with Gasteiger partial charge in [0, 0.05) is 17.7 Å². The number of nitrogens with one attached hydrogen (secondary N) is 2. The van der Waals surface area contributed by atoms with E-state index in [1.807, 2.05) is 49.4 Å². The van der Waals surface area contributed by atoms with Crippen molar-refractivity contribution < 1.29 is 9.53 Å². The molecule has 3 rings (SSSR count). The third-order valence-electron chi connectivity index (χ3n) is 4.12. The van der Waals surface area contributed by atoms with Crippen LogP contribution in [0.15, 0.2) is 78.9 Å². The van der Waals surface area contributed by atoms with Gasteiger partial charge in [0.05, 0.1) is 6.61 Å². The third kappa shape index (κ3) is 5.93. The van der Waals surface area contributed by atoms with Crippen LogP contribution < -0.4 is 15.4 Å². The number of thiocarbonyl (C=S) groups is 1. The molecule has 0 unspecified atom stereocenters. The average Bonchev–Trinajstić information content (AvgIpc) is 2.69. The fourth-order valence-electron chi connectivity index (χ4n) is 2.69. The zero-order chi connectivity index (χ0) is 19.8. The smallest absolute Gasteiger partial charge is 0.257 e. The summed E-state index contributed by atoms with van der Waals surface area (Å²) in [6, 6.07) is 25.0. The van der Waals surface area contributed by atoms with Crippen molar-refractivity contribution in [2.75, 3.05) is 11.9 Å². The molecule has 0 radical (unpaired) electrons. The predicted molar refractivity (Wildman–Crippen MR) is 117 cm³/mol. The standard InChI is InChI=1S/C23H22N2O2S/c1-17-6-5-9-20(16-17)24-23(28)25-22(26)19-10-12-21(13-11-19)27-15-14-18-7-3-2-4-8-18/h2-13,16H,14-15H2,1H3,(H2,24,25,26,28). The van der Waals surface area contributed by atoms with Crippen LogP contribution in [0.2, 0.25) is 0 Å². The highest BCUT2D eigenvalue weighted by molar-refractivity contribution is 7.80. The van der Waals surface area contributed by atoms with Crippen LogP contribution in [-0.4, -0.2) is 17.6 Å². The molecular weight excluding hydrogens is 368 g/mol. The second-order valence-electron chi connectivity index (χ2n) is 6.39. The summed E-state index contributed by atoms with van der Waals surface area (Å²) in [4.78, 5) is 12.3. The lowest BCUT2D eigenvalue weighted by molar-refractivity contribution is 0.0977. The Labute approximate surface area is 170 Å². The molecule has 28 heavy (non-hydrogen) atoms. The first-order chi connectivity index (χ1) is 13.6. The van der Waals surface area contributed by atoms with Crippen LogP contribution in [0.5, 0.6) is 5.75 Å². The Morgan fingerprint density at radius 3 is 2.43 bits per heavy atom. The van der Waals surface area contributed by atoms with Gasteiger partial charge in [0.25, 0.3) is 5.91 Å². The summed E-state index contributed by atoms with van der Waals surface area (Å²) in [5.74, 6) is 0.467. The van der Waals surface area contributed by atoms with Gasteiger partial charge < -0.3 is 10.1 Å². The summed E-state index contributed by atoms with van der Waals surface area (Å²) in [5.41, 5.74) is 3.70. The molecular formula is C23H22N2O2S. The Balaban J connectivity index is 1.48. The summed E-state index contributed by atoms with van der Waals surface area (Å²) < 4.78 is 5.75. The maximum atomic E-state index is 12.3. The van der Waals surface area contributed by atoms with Crippen LogP contribution in [0.3, 0.4) is 0 Å². The fourth-order valence-corrected chi connectivity index (χ4v) is 2.90. The SMILES string of the molecule is Cc1cccc(NC(=S)NC(=O)c2ccc(OCCc3ccccc3)cc2)c1. The average molecular weight is 391 g/mol. The highest BCUT2D eigenvalue weighted by atomic mass is 32.1. The molecule has 0 spiro atoms. The first-order valence-electron chi connectivity index (χ1n) is 9.06. The van der Waals surface area contributed by atoms with E-state index in [4.69, 9.17) is 17.0 Å². The lowest BCUT2D eigenvalue weighted by Crippen LogP contribution is -2.34. The van der Waals surface area contributed by atoms with E-state index in [-0.39, 0.29) is 11.0 Å². The second kappa shape index (κ2) is 9.67. The van der Waals surface area contributed by atoms with Gasteiger partial charge in [-0.2, -0.15) is 0 Å². The molecule has 3 aromatic carbocycles. The van der Waals surface area contributed by atoms with E-state index >= 15 is 0 Å². The van der Waals surface area contributed by atoms with E-state index < -0.39 is 0 Å². The number of anilines is 1. The van der Waals surface area contributed by atoms with Gasteiger partial charge in [-0.25, -0.2) is 0 Å². The number of hydrogen-bond acceptors (Lipinski definition) is 3. The first kappa shape index (κ1) is 19.6. The van der Waals surface area contributed by atoms with Crippen LogP contribution in [0, 0.1) is 6.92 Å². The zero-order valence-corrected chi connectivity index (χ0v) is 16.5. The van der Waals surface area contributed by atoms with Crippen LogP contribution >= 0.6 is 12.2 Å². The zero-order valence-electron chi connectivity index (χ0n) is 15.6. The van der Waals surface area contributed by atoms with Gasteiger partial charge in [0.15, 0.2) is 5.11 Å². The number of benzene rings is 3. The summed E-state index contributed by atoms with van der Waals surface area (Å²) in [6.07, 6.45) is 0.835. The van der Waals surface area contributed by atoms with Crippen molar-refractivity contribution in [3.8, 4) is 5.75 Å². The molecule has 1 amide bonds. The summed E-state index contributed by atoms with van der Waals surface area (Å²) >= 11 is 5.22. The van der Waals surface area contributed by atoms with Crippen LogP contribution in [0.25, 0.3) is 0 Å². The Morgan fingerprint density at radius 2 is 1.71 bits per heavy atom. The topological polar surface area (TPSA) is 50.4 Å². The lowest BCUT2D eigenvalue weighted by Gasteiger charge is -2.11. The third-order valence-corrected chi connectivity index (χ3v) is 4.33. The van der Waals surface area contributed by atoms with Crippen molar-refractivity contribution in [1.29, 1.82) is 0 Å². The van der Waals surface area contributed by atoms with Gasteiger partial charge in [0.1, 0.15) is 5.75 Å². The largest absolute Gasteiger partial charge is 0.493 e. The van der Waals surface area contributed by atoms with Crippen molar-refractivity contribution in [1.82, 2.24) is 5.32 Å². The number of hydrogen-bond donors (Lipinski definition) is 2. The fraction of sp³-hybridized carbons (Fsp3) is 0.130. The van der Waals surface area contributed by atoms with Gasteiger partial charge in [-0.1, -0.05) is 42.5 Å². The number of ether oxygens (including phenoxy) is 1. The molecule has 0 heterocycles. The molecule has 0 aliphatic heterocycles. The number of carbonyl (C=O) groups is 1. The summed E-state index contributed by atoms with van der Waals surface area (Å²) in [5, 5.41) is 5.96. The predicted octanol–water partition coefficient (Wildman–Crippen LogP) is 4.74. The van der Waals surface area contributed by atoms with Crippen molar-refractivity contribution >= 4 is 28.9 Å². The lowest BCUT2D eigenvalue weighted by atomic mass is 10.2. The molecule has 4 nitrogen and oxygen atoms in total. The van der Waals surface area contributed by atoms with Gasteiger partial charge in [-0.3, -0.25) is 10.1 Å².